The van der Waals surface area contributed by atoms with Crippen molar-refractivity contribution in [3.63, 3.8) is 0 Å². The number of carbonyl (C=O) groups excluding carboxylic acids is 1. The van der Waals surface area contributed by atoms with Gasteiger partial charge in [-0.3, -0.25) is 4.79 Å². The van der Waals surface area contributed by atoms with Gasteiger partial charge in [-0.05, 0) is 32.3 Å². The van der Waals surface area contributed by atoms with Gasteiger partial charge in [-0.1, -0.05) is 36.6 Å². The Kier molecular flexibility index (Phi) is 4.34. The standard InChI is InChI=1S/C20H25N3O2/c1-13-4-3-5-16(10-13)19-21-14(2)18(22-19)20(24)23-8-9-25-12-17(23)11-15-6-7-15/h3-5,10,15,17H,6-9,11-12H2,1-2H3,(H,21,22). The highest BCUT2D eigenvalue weighted by Gasteiger charge is 2.34. The molecule has 2 aliphatic rings. The van der Waals surface area contributed by atoms with Crippen LogP contribution in [0.4, 0.5) is 0 Å². The highest BCUT2D eigenvalue weighted by Crippen LogP contribution is 2.35. The smallest absolute Gasteiger partial charge is 0.274 e. The Labute approximate surface area is 148 Å². The molecule has 1 atom stereocenters. The first kappa shape index (κ1) is 16.3. The third-order valence-corrected chi connectivity index (χ3v) is 5.17. The summed E-state index contributed by atoms with van der Waals surface area (Å²) in [6.45, 7) is 5.90. The molecule has 1 aromatic heterocycles. The van der Waals surface area contributed by atoms with Gasteiger partial charge < -0.3 is 14.6 Å². The summed E-state index contributed by atoms with van der Waals surface area (Å²) < 4.78 is 5.62. The summed E-state index contributed by atoms with van der Waals surface area (Å²) in [5, 5.41) is 0. The largest absolute Gasteiger partial charge is 0.377 e. The van der Waals surface area contributed by atoms with Crippen LogP contribution >= 0.6 is 0 Å². The van der Waals surface area contributed by atoms with Gasteiger partial charge in [0.25, 0.3) is 5.91 Å². The maximum absolute atomic E-state index is 13.1. The molecule has 1 N–H and O–H groups in total. The van der Waals surface area contributed by atoms with Crippen molar-refractivity contribution in [3.05, 3.63) is 41.2 Å². The molecule has 1 unspecified atom stereocenters. The number of hydrogen-bond acceptors (Lipinski definition) is 3. The Hall–Kier alpha value is -2.14. The van der Waals surface area contributed by atoms with Gasteiger partial charge in [0.2, 0.25) is 0 Å². The van der Waals surface area contributed by atoms with Gasteiger partial charge in [0.15, 0.2) is 0 Å². The van der Waals surface area contributed by atoms with Crippen molar-refractivity contribution in [2.45, 2.75) is 39.2 Å². The number of nitrogens with one attached hydrogen (secondary N) is 1. The number of aromatic amines is 1. The number of hydrogen-bond donors (Lipinski definition) is 1. The molecule has 5 nitrogen and oxygen atoms in total. The Morgan fingerprint density at radius 3 is 2.96 bits per heavy atom. The molecule has 1 saturated carbocycles. The summed E-state index contributed by atoms with van der Waals surface area (Å²) in [7, 11) is 0. The first-order chi connectivity index (χ1) is 12.1. The second kappa shape index (κ2) is 6.64. The number of ether oxygens (including phenoxy) is 1. The molecule has 4 rings (SSSR count). The minimum atomic E-state index is 0.0293. The van der Waals surface area contributed by atoms with Crippen molar-refractivity contribution in [1.29, 1.82) is 0 Å². The fourth-order valence-electron chi connectivity index (χ4n) is 3.59. The monoisotopic (exact) mass is 339 g/mol. The van der Waals surface area contributed by atoms with E-state index in [2.05, 4.69) is 29.0 Å². The molecule has 2 heterocycles. The van der Waals surface area contributed by atoms with E-state index in [0.29, 0.717) is 25.5 Å². The van der Waals surface area contributed by atoms with E-state index < -0.39 is 0 Å². The van der Waals surface area contributed by atoms with Crippen LogP contribution in [0.2, 0.25) is 0 Å². The zero-order chi connectivity index (χ0) is 17.4. The summed E-state index contributed by atoms with van der Waals surface area (Å²) in [6.07, 6.45) is 3.63. The maximum atomic E-state index is 13.1. The molecular formula is C20H25N3O2. The van der Waals surface area contributed by atoms with Crippen molar-refractivity contribution < 1.29 is 9.53 Å². The van der Waals surface area contributed by atoms with Crippen molar-refractivity contribution >= 4 is 5.91 Å². The zero-order valence-electron chi connectivity index (χ0n) is 14.9. The molecule has 0 radical (unpaired) electrons. The molecule has 25 heavy (non-hydrogen) atoms. The lowest BCUT2D eigenvalue weighted by atomic mass is 10.1. The fourth-order valence-corrected chi connectivity index (χ4v) is 3.59. The molecule has 2 fully saturated rings. The maximum Gasteiger partial charge on any atom is 0.274 e. The van der Waals surface area contributed by atoms with E-state index in [1.807, 2.05) is 24.0 Å². The van der Waals surface area contributed by atoms with Gasteiger partial charge in [0, 0.05) is 17.8 Å². The molecular weight excluding hydrogens is 314 g/mol. The molecule has 1 saturated heterocycles. The lowest BCUT2D eigenvalue weighted by Gasteiger charge is -2.35. The van der Waals surface area contributed by atoms with Crippen molar-refractivity contribution in [2.24, 2.45) is 5.92 Å². The number of rotatable bonds is 4. The average molecular weight is 339 g/mol. The highest BCUT2D eigenvalue weighted by molar-refractivity contribution is 5.94. The topological polar surface area (TPSA) is 58.2 Å². The molecule has 132 valence electrons. The van der Waals surface area contributed by atoms with Crippen LogP contribution in [-0.4, -0.2) is 46.6 Å². The van der Waals surface area contributed by atoms with E-state index in [9.17, 15) is 4.79 Å². The predicted molar refractivity (Wildman–Crippen MR) is 96.5 cm³/mol. The van der Waals surface area contributed by atoms with Crippen LogP contribution in [-0.2, 0) is 4.74 Å². The number of H-pyrrole nitrogens is 1. The van der Waals surface area contributed by atoms with Crippen LogP contribution in [0.5, 0.6) is 0 Å². The Bertz CT molecular complexity index is 779. The van der Waals surface area contributed by atoms with Crippen molar-refractivity contribution in [1.82, 2.24) is 14.9 Å². The van der Waals surface area contributed by atoms with Crippen molar-refractivity contribution in [3.8, 4) is 11.4 Å². The SMILES string of the molecule is Cc1cccc(-c2nc(C(=O)N3CCOCC3CC3CC3)c(C)[nH]2)c1. The predicted octanol–water partition coefficient (Wildman–Crippen LogP) is 3.33. The molecule has 0 bridgehead atoms. The second-order valence-corrected chi connectivity index (χ2v) is 7.33. The zero-order valence-corrected chi connectivity index (χ0v) is 14.9. The summed E-state index contributed by atoms with van der Waals surface area (Å²) in [5.74, 6) is 1.56. The molecule has 5 heteroatoms. The van der Waals surface area contributed by atoms with E-state index in [1.165, 1.54) is 18.4 Å². The minimum Gasteiger partial charge on any atom is -0.377 e. The van der Waals surface area contributed by atoms with Gasteiger partial charge in [0.1, 0.15) is 11.5 Å². The van der Waals surface area contributed by atoms with E-state index in [1.54, 1.807) is 0 Å². The number of benzene rings is 1. The Balaban J connectivity index is 1.58. The number of aromatic nitrogens is 2. The normalized spacial score (nSPS) is 20.7. The number of imidazole rings is 1. The van der Waals surface area contributed by atoms with Crippen LogP contribution in [0.15, 0.2) is 24.3 Å². The number of amides is 1. The summed E-state index contributed by atoms with van der Waals surface area (Å²) >= 11 is 0. The molecule has 1 aliphatic carbocycles. The third kappa shape index (κ3) is 3.47. The lowest BCUT2D eigenvalue weighted by Crippen LogP contribution is -2.49. The van der Waals surface area contributed by atoms with E-state index in [-0.39, 0.29) is 11.9 Å². The number of aryl methyl sites for hydroxylation is 2. The van der Waals surface area contributed by atoms with Crippen LogP contribution < -0.4 is 0 Å². The van der Waals surface area contributed by atoms with Crippen LogP contribution in [0.25, 0.3) is 11.4 Å². The Morgan fingerprint density at radius 2 is 2.20 bits per heavy atom. The average Bonchev–Trinajstić information content (AvgIpc) is 3.34. The first-order valence-electron chi connectivity index (χ1n) is 9.14. The van der Waals surface area contributed by atoms with Gasteiger partial charge in [-0.2, -0.15) is 0 Å². The van der Waals surface area contributed by atoms with E-state index in [0.717, 1.165) is 29.4 Å². The first-order valence-corrected chi connectivity index (χ1v) is 9.14. The minimum absolute atomic E-state index is 0.0293. The lowest BCUT2D eigenvalue weighted by molar-refractivity contribution is -0.00600. The number of morpholine rings is 1. The van der Waals surface area contributed by atoms with Gasteiger partial charge in [0.05, 0.1) is 19.3 Å². The summed E-state index contributed by atoms with van der Waals surface area (Å²) in [4.78, 5) is 23.0. The number of nitrogens with zero attached hydrogens (tertiary/aromatic N) is 2. The molecule has 1 amide bonds. The highest BCUT2D eigenvalue weighted by atomic mass is 16.5. The van der Waals surface area contributed by atoms with E-state index in [4.69, 9.17) is 4.74 Å². The van der Waals surface area contributed by atoms with Crippen molar-refractivity contribution in [2.75, 3.05) is 19.8 Å². The van der Waals surface area contributed by atoms with Crippen LogP contribution in [0.1, 0.15) is 41.0 Å². The van der Waals surface area contributed by atoms with Gasteiger partial charge in [-0.25, -0.2) is 4.98 Å². The van der Waals surface area contributed by atoms with E-state index >= 15 is 0 Å². The quantitative estimate of drug-likeness (QED) is 0.929. The second-order valence-electron chi connectivity index (χ2n) is 7.33. The molecule has 2 aromatic rings. The molecule has 0 spiro atoms. The van der Waals surface area contributed by atoms with Crippen LogP contribution in [0, 0.1) is 19.8 Å². The number of carbonyl (C=O) groups is 1. The Morgan fingerprint density at radius 1 is 1.36 bits per heavy atom. The van der Waals surface area contributed by atoms with Gasteiger partial charge >= 0.3 is 0 Å². The molecule has 1 aliphatic heterocycles. The van der Waals surface area contributed by atoms with Gasteiger partial charge in [-0.15, -0.1) is 0 Å². The summed E-state index contributed by atoms with van der Waals surface area (Å²) in [5.41, 5.74) is 3.56. The summed E-state index contributed by atoms with van der Waals surface area (Å²) in [6, 6.07) is 8.35. The molecule has 1 aromatic carbocycles. The van der Waals surface area contributed by atoms with Crippen LogP contribution in [0.3, 0.4) is 0 Å². The third-order valence-electron chi connectivity index (χ3n) is 5.17. The fraction of sp³-hybridized carbons (Fsp3) is 0.500.